The molecule has 256 valence electrons. The lowest BCUT2D eigenvalue weighted by Crippen LogP contribution is -2.52. The second-order valence-electron chi connectivity index (χ2n) is 12.6. The Balaban J connectivity index is 3.17. The van der Waals surface area contributed by atoms with Gasteiger partial charge in [0.05, 0.1) is 26.2 Å². The third-order valence-corrected chi connectivity index (χ3v) is 8.48. The van der Waals surface area contributed by atoms with Gasteiger partial charge in [-0.1, -0.05) is 27.7 Å². The zero-order valence-corrected chi connectivity index (χ0v) is 29.0. The van der Waals surface area contributed by atoms with Crippen molar-refractivity contribution in [2.75, 3.05) is 78.5 Å². The minimum atomic E-state index is -0.0212. The fourth-order valence-electron chi connectivity index (χ4n) is 4.71. The Hall–Kier alpha value is -2.28. The van der Waals surface area contributed by atoms with Crippen LogP contribution in [0.4, 0.5) is 0 Å². The average molecular weight is 625 g/mol. The van der Waals surface area contributed by atoms with Crippen LogP contribution in [0.25, 0.3) is 0 Å². The topological polar surface area (TPSA) is 129 Å². The zero-order chi connectivity index (χ0) is 33.1. The molecule has 12 heteroatoms. The highest BCUT2D eigenvalue weighted by molar-refractivity contribution is 5.79. The Morgan fingerprint density at radius 1 is 0.409 bits per heavy atom. The first-order valence-electron chi connectivity index (χ1n) is 17.0. The Morgan fingerprint density at radius 2 is 0.568 bits per heavy atom. The van der Waals surface area contributed by atoms with Gasteiger partial charge in [-0.05, 0) is 53.4 Å². The van der Waals surface area contributed by atoms with Crippen molar-refractivity contribution >= 4 is 23.6 Å². The summed E-state index contributed by atoms with van der Waals surface area (Å²) in [5.74, 6) is -0.0849. The predicted octanol–water partition coefficient (Wildman–Crippen LogP) is 0.867. The van der Waals surface area contributed by atoms with Crippen molar-refractivity contribution in [2.45, 2.75) is 105 Å². The summed E-state index contributed by atoms with van der Waals surface area (Å²) in [5, 5.41) is 12.3. The van der Waals surface area contributed by atoms with Gasteiger partial charge in [-0.25, -0.2) is 0 Å². The van der Waals surface area contributed by atoms with Crippen LogP contribution < -0.4 is 21.3 Å². The zero-order valence-electron chi connectivity index (χ0n) is 29.0. The summed E-state index contributed by atoms with van der Waals surface area (Å²) in [6, 6.07) is 0.389. The molecule has 0 aromatic heterocycles. The van der Waals surface area contributed by atoms with Gasteiger partial charge in [0.25, 0.3) is 0 Å². The molecule has 0 aromatic carbocycles. The first-order valence-corrected chi connectivity index (χ1v) is 17.0. The van der Waals surface area contributed by atoms with Gasteiger partial charge >= 0.3 is 0 Å². The number of carbonyl (C=O) groups excluding carboxylic acids is 4. The van der Waals surface area contributed by atoms with Gasteiger partial charge < -0.3 is 21.3 Å². The molecule has 0 radical (unpaired) electrons. The van der Waals surface area contributed by atoms with E-state index in [-0.39, 0.29) is 74.0 Å². The smallest absolute Gasteiger partial charge is 0.234 e. The molecule has 1 heterocycles. The van der Waals surface area contributed by atoms with E-state index in [0.717, 1.165) is 25.7 Å². The minimum absolute atomic E-state index is 0.0212. The predicted molar refractivity (Wildman–Crippen MR) is 177 cm³/mol. The fraction of sp³-hybridized carbons (Fsp3) is 0.875. The Bertz CT molecular complexity index is 708. The molecule has 0 saturated carbocycles. The van der Waals surface area contributed by atoms with Crippen molar-refractivity contribution in [1.82, 2.24) is 40.9 Å². The van der Waals surface area contributed by atoms with Crippen LogP contribution in [0.5, 0.6) is 0 Å². The van der Waals surface area contributed by atoms with Crippen molar-refractivity contribution in [3.63, 3.8) is 0 Å². The number of rotatable bonds is 16. The van der Waals surface area contributed by atoms with E-state index in [4.69, 9.17) is 0 Å². The van der Waals surface area contributed by atoms with E-state index < -0.39 is 0 Å². The molecule has 44 heavy (non-hydrogen) atoms. The average Bonchev–Trinajstić information content (AvgIpc) is 2.97. The standard InChI is InChI=1S/C32H64N8O4/c1-9-25(5)33-29(41)21-37-13-15-38(22-30(42)34-26(6)10-2)17-19-40(24-32(44)36-28(8)12-4)20-18-39(16-14-37)23-31(43)35-27(7)11-3/h25-28H,9-24H2,1-8H3,(H,33,41)(H,34,42)(H,35,43)(H,36,44). The SMILES string of the molecule is CCC(C)NC(=O)CN1CCN(CC(=O)NC(C)CC)CCN(CC(=O)NC(C)CC)CCN(CC(=O)NC(C)CC)CC1. The number of carbonyl (C=O) groups is 4. The molecule has 0 aliphatic carbocycles. The number of amides is 4. The molecule has 4 unspecified atom stereocenters. The monoisotopic (exact) mass is 625 g/mol. The van der Waals surface area contributed by atoms with E-state index in [1.165, 1.54) is 0 Å². The van der Waals surface area contributed by atoms with Crippen molar-refractivity contribution in [3.05, 3.63) is 0 Å². The lowest BCUT2D eigenvalue weighted by molar-refractivity contribution is -0.125. The second-order valence-corrected chi connectivity index (χ2v) is 12.6. The Labute approximate surface area is 267 Å². The maximum absolute atomic E-state index is 12.9. The summed E-state index contributed by atoms with van der Waals surface area (Å²) in [4.78, 5) is 60.0. The fourth-order valence-corrected chi connectivity index (χ4v) is 4.71. The van der Waals surface area contributed by atoms with E-state index in [0.29, 0.717) is 52.4 Å². The van der Waals surface area contributed by atoms with E-state index in [9.17, 15) is 19.2 Å². The van der Waals surface area contributed by atoms with Crippen LogP contribution in [-0.2, 0) is 19.2 Å². The van der Waals surface area contributed by atoms with Crippen molar-refractivity contribution in [2.24, 2.45) is 0 Å². The molecule has 4 amide bonds. The molecule has 1 aliphatic heterocycles. The maximum atomic E-state index is 12.9. The summed E-state index contributed by atoms with van der Waals surface area (Å²) in [5.41, 5.74) is 0. The molecular weight excluding hydrogens is 560 g/mol. The minimum Gasteiger partial charge on any atom is -0.353 e. The Morgan fingerprint density at radius 3 is 0.705 bits per heavy atom. The molecule has 1 rings (SSSR count). The number of hydrogen-bond donors (Lipinski definition) is 4. The van der Waals surface area contributed by atoms with Crippen LogP contribution in [0.2, 0.25) is 0 Å². The van der Waals surface area contributed by atoms with Crippen LogP contribution >= 0.6 is 0 Å². The van der Waals surface area contributed by atoms with E-state index in [1.54, 1.807) is 0 Å². The van der Waals surface area contributed by atoms with Crippen LogP contribution in [-0.4, -0.2) is 146 Å². The van der Waals surface area contributed by atoms with Crippen LogP contribution in [0.1, 0.15) is 81.1 Å². The first kappa shape index (κ1) is 39.7. The quantitative estimate of drug-likeness (QED) is 0.199. The van der Waals surface area contributed by atoms with Crippen LogP contribution in [0.15, 0.2) is 0 Å². The summed E-state index contributed by atoms with van der Waals surface area (Å²) in [6.07, 6.45) is 3.43. The van der Waals surface area contributed by atoms with Crippen molar-refractivity contribution < 1.29 is 19.2 Å². The molecule has 1 aliphatic rings. The highest BCUT2D eigenvalue weighted by Crippen LogP contribution is 2.03. The summed E-state index contributed by atoms with van der Waals surface area (Å²) in [6.45, 7) is 22.0. The second kappa shape index (κ2) is 22.3. The molecular formula is C32H64N8O4. The lowest BCUT2D eigenvalue weighted by atomic mass is 10.2. The molecule has 12 nitrogen and oxygen atoms in total. The summed E-state index contributed by atoms with van der Waals surface area (Å²) < 4.78 is 0. The van der Waals surface area contributed by atoms with Crippen LogP contribution in [0, 0.1) is 0 Å². The normalized spacial score (nSPS) is 19.5. The third-order valence-electron chi connectivity index (χ3n) is 8.48. The molecule has 4 N–H and O–H groups in total. The molecule has 0 spiro atoms. The highest BCUT2D eigenvalue weighted by atomic mass is 16.2. The molecule has 0 aromatic rings. The number of nitrogens with one attached hydrogen (secondary N) is 4. The van der Waals surface area contributed by atoms with Gasteiger partial charge in [0.2, 0.25) is 23.6 Å². The lowest BCUT2D eigenvalue weighted by Gasteiger charge is -2.34. The number of nitrogens with zero attached hydrogens (tertiary/aromatic N) is 4. The maximum Gasteiger partial charge on any atom is 0.234 e. The third kappa shape index (κ3) is 17.9. The van der Waals surface area contributed by atoms with Gasteiger partial charge in [-0.15, -0.1) is 0 Å². The largest absolute Gasteiger partial charge is 0.353 e. The molecule has 4 atom stereocenters. The van der Waals surface area contributed by atoms with E-state index >= 15 is 0 Å². The van der Waals surface area contributed by atoms with Gasteiger partial charge in [0, 0.05) is 76.5 Å². The van der Waals surface area contributed by atoms with Crippen LogP contribution in [0.3, 0.4) is 0 Å². The van der Waals surface area contributed by atoms with Gasteiger partial charge in [0.1, 0.15) is 0 Å². The van der Waals surface area contributed by atoms with Gasteiger partial charge in [0.15, 0.2) is 0 Å². The molecule has 1 saturated heterocycles. The highest BCUT2D eigenvalue weighted by Gasteiger charge is 2.22. The molecule has 1 fully saturated rings. The molecule has 0 bridgehead atoms. The first-order chi connectivity index (χ1) is 20.9. The van der Waals surface area contributed by atoms with Gasteiger partial charge in [-0.2, -0.15) is 0 Å². The van der Waals surface area contributed by atoms with Crippen molar-refractivity contribution in [3.8, 4) is 0 Å². The van der Waals surface area contributed by atoms with E-state index in [2.05, 4.69) is 40.9 Å². The summed E-state index contributed by atoms with van der Waals surface area (Å²) >= 11 is 0. The van der Waals surface area contributed by atoms with E-state index in [1.807, 2.05) is 55.4 Å². The van der Waals surface area contributed by atoms with Gasteiger partial charge in [-0.3, -0.25) is 38.8 Å². The summed E-state index contributed by atoms with van der Waals surface area (Å²) in [7, 11) is 0. The Kier molecular flexibility index (Phi) is 20.1. The number of hydrogen-bond acceptors (Lipinski definition) is 8. The van der Waals surface area contributed by atoms with Crippen molar-refractivity contribution in [1.29, 1.82) is 0 Å².